The van der Waals surface area contributed by atoms with Crippen LogP contribution < -0.4 is 9.80 Å². The van der Waals surface area contributed by atoms with E-state index in [1.165, 1.54) is 5.56 Å². The van der Waals surface area contributed by atoms with Crippen LogP contribution in [0, 0.1) is 0 Å². The fourth-order valence-corrected chi connectivity index (χ4v) is 4.28. The highest BCUT2D eigenvalue weighted by molar-refractivity contribution is 6.21. The van der Waals surface area contributed by atoms with E-state index in [1.54, 1.807) is 15.9 Å². The van der Waals surface area contributed by atoms with Crippen molar-refractivity contribution in [1.82, 2.24) is 0 Å². The first-order valence-corrected chi connectivity index (χ1v) is 9.83. The lowest BCUT2D eigenvalue weighted by Gasteiger charge is -2.41. The molecule has 0 saturated carbocycles. The molecular weight excluding hydrogens is 360 g/mol. The first-order valence-electron chi connectivity index (χ1n) is 9.83. The Labute approximate surface area is 170 Å². The Hall–Kier alpha value is -3.40. The lowest BCUT2D eigenvalue weighted by Crippen LogP contribution is -2.48. The van der Waals surface area contributed by atoms with Crippen LogP contribution in [-0.4, -0.2) is 11.8 Å². The topological polar surface area (TPSA) is 40.6 Å². The fourth-order valence-electron chi connectivity index (χ4n) is 4.28. The predicted molar refractivity (Wildman–Crippen MR) is 114 cm³/mol. The number of hydrogen-bond acceptors (Lipinski definition) is 2. The molecule has 4 nitrogen and oxygen atoms in total. The number of nitrogens with zero attached hydrogens (tertiary/aromatic N) is 2. The van der Waals surface area contributed by atoms with E-state index in [4.69, 9.17) is 0 Å². The molecule has 1 atom stereocenters. The van der Waals surface area contributed by atoms with Crippen molar-refractivity contribution in [2.75, 3.05) is 9.80 Å². The Morgan fingerprint density at radius 2 is 1.28 bits per heavy atom. The summed E-state index contributed by atoms with van der Waals surface area (Å²) in [7, 11) is 0. The number of amides is 2. The Balaban J connectivity index is 1.71. The van der Waals surface area contributed by atoms with Gasteiger partial charge in [-0.1, -0.05) is 63.2 Å². The Morgan fingerprint density at radius 3 is 1.97 bits per heavy atom. The van der Waals surface area contributed by atoms with Gasteiger partial charge in [-0.05, 0) is 41.3 Å². The summed E-state index contributed by atoms with van der Waals surface area (Å²) in [6, 6.07) is 23.0. The summed E-state index contributed by atoms with van der Waals surface area (Å²) in [6.07, 6.45) is -0.471. The van der Waals surface area contributed by atoms with Crippen LogP contribution >= 0.6 is 0 Å². The van der Waals surface area contributed by atoms with Crippen molar-refractivity contribution in [3.05, 3.63) is 95.1 Å². The van der Waals surface area contributed by atoms with E-state index in [0.29, 0.717) is 16.8 Å². The maximum Gasteiger partial charge on any atom is 0.262 e. The van der Waals surface area contributed by atoms with Gasteiger partial charge in [0.25, 0.3) is 11.8 Å². The third kappa shape index (κ3) is 2.52. The van der Waals surface area contributed by atoms with Crippen molar-refractivity contribution in [2.45, 2.75) is 32.4 Å². The molecule has 3 aromatic carbocycles. The molecule has 0 spiro atoms. The standard InChI is InChI=1S/C25H22N2O2/c1-25(2,3)16-12-14-17(15-13-16)26-22-18-8-4-5-9-19(18)23(28)27(22)21-11-7-6-10-20(21)24(26)29/h4-15,22H,1-3H3. The quantitative estimate of drug-likeness (QED) is 0.573. The van der Waals surface area contributed by atoms with Gasteiger partial charge in [0.15, 0.2) is 0 Å². The van der Waals surface area contributed by atoms with Crippen molar-refractivity contribution < 1.29 is 9.59 Å². The second-order valence-corrected chi connectivity index (χ2v) is 8.63. The molecule has 3 aromatic rings. The molecule has 144 valence electrons. The SMILES string of the molecule is CC(C)(C)c1ccc(N2C(=O)c3ccccc3N3C(=O)c4ccccc4C23)cc1. The Kier molecular flexibility index (Phi) is 3.69. The predicted octanol–water partition coefficient (Wildman–Crippen LogP) is 5.30. The second kappa shape index (κ2) is 6.05. The fraction of sp³-hybridized carbons (Fsp3) is 0.200. The van der Waals surface area contributed by atoms with E-state index in [1.807, 2.05) is 54.6 Å². The minimum atomic E-state index is -0.471. The Bertz CT molecular complexity index is 1140. The number of hydrogen-bond donors (Lipinski definition) is 0. The number of para-hydroxylation sites is 1. The lowest BCUT2D eigenvalue weighted by atomic mass is 9.87. The average molecular weight is 382 g/mol. The van der Waals surface area contributed by atoms with Gasteiger partial charge in [-0.15, -0.1) is 0 Å². The highest BCUT2D eigenvalue weighted by atomic mass is 16.2. The zero-order valence-corrected chi connectivity index (χ0v) is 16.7. The Morgan fingerprint density at radius 1 is 0.690 bits per heavy atom. The van der Waals surface area contributed by atoms with E-state index in [2.05, 4.69) is 32.9 Å². The molecule has 2 amide bonds. The minimum Gasteiger partial charge on any atom is -0.283 e. The second-order valence-electron chi connectivity index (χ2n) is 8.63. The van der Waals surface area contributed by atoms with Crippen molar-refractivity contribution in [3.8, 4) is 0 Å². The monoisotopic (exact) mass is 382 g/mol. The van der Waals surface area contributed by atoms with Crippen LogP contribution in [0.3, 0.4) is 0 Å². The van der Waals surface area contributed by atoms with E-state index < -0.39 is 6.17 Å². The first kappa shape index (κ1) is 17.7. The van der Waals surface area contributed by atoms with Gasteiger partial charge in [-0.25, -0.2) is 0 Å². The van der Waals surface area contributed by atoms with Crippen LogP contribution in [0.15, 0.2) is 72.8 Å². The molecule has 2 aliphatic heterocycles. The third-order valence-corrected chi connectivity index (χ3v) is 5.80. The summed E-state index contributed by atoms with van der Waals surface area (Å²) in [6.45, 7) is 6.49. The van der Waals surface area contributed by atoms with Crippen LogP contribution in [0.2, 0.25) is 0 Å². The molecule has 0 aliphatic carbocycles. The van der Waals surface area contributed by atoms with Crippen LogP contribution in [0.25, 0.3) is 0 Å². The number of rotatable bonds is 1. The number of fused-ring (bicyclic) bond motifs is 5. The lowest BCUT2D eigenvalue weighted by molar-refractivity contribution is 0.0949. The molecule has 1 unspecified atom stereocenters. The molecule has 2 heterocycles. The molecule has 0 N–H and O–H groups in total. The summed E-state index contributed by atoms with van der Waals surface area (Å²) in [5, 5.41) is 0. The van der Waals surface area contributed by atoms with E-state index in [0.717, 1.165) is 11.3 Å². The normalized spacial score (nSPS) is 17.8. The van der Waals surface area contributed by atoms with Gasteiger partial charge < -0.3 is 0 Å². The van der Waals surface area contributed by atoms with Crippen LogP contribution in [0.4, 0.5) is 11.4 Å². The summed E-state index contributed by atoms with van der Waals surface area (Å²) in [5.74, 6) is -0.156. The zero-order chi connectivity index (χ0) is 20.3. The molecule has 2 aliphatic rings. The molecule has 0 radical (unpaired) electrons. The maximum absolute atomic E-state index is 13.5. The van der Waals surface area contributed by atoms with Gasteiger partial charge in [0, 0.05) is 16.8 Å². The minimum absolute atomic E-state index is 0.0268. The highest BCUT2D eigenvalue weighted by Gasteiger charge is 2.48. The van der Waals surface area contributed by atoms with Gasteiger partial charge in [0.05, 0.1) is 11.3 Å². The van der Waals surface area contributed by atoms with E-state index in [-0.39, 0.29) is 17.2 Å². The van der Waals surface area contributed by atoms with Crippen molar-refractivity contribution in [1.29, 1.82) is 0 Å². The largest absolute Gasteiger partial charge is 0.283 e. The zero-order valence-electron chi connectivity index (χ0n) is 16.7. The summed E-state index contributed by atoms with van der Waals surface area (Å²) in [4.78, 5) is 30.3. The summed E-state index contributed by atoms with van der Waals surface area (Å²) in [5.41, 5.74) is 4.75. The number of anilines is 2. The molecule has 29 heavy (non-hydrogen) atoms. The summed E-state index contributed by atoms with van der Waals surface area (Å²) < 4.78 is 0. The highest BCUT2D eigenvalue weighted by Crippen LogP contribution is 2.46. The molecule has 0 saturated heterocycles. The maximum atomic E-state index is 13.5. The third-order valence-electron chi connectivity index (χ3n) is 5.80. The average Bonchev–Trinajstić information content (AvgIpc) is 3.01. The molecule has 5 rings (SSSR count). The van der Waals surface area contributed by atoms with E-state index >= 15 is 0 Å². The molecular formula is C25H22N2O2. The van der Waals surface area contributed by atoms with Crippen molar-refractivity contribution >= 4 is 23.2 Å². The van der Waals surface area contributed by atoms with Gasteiger partial charge in [0.1, 0.15) is 6.17 Å². The van der Waals surface area contributed by atoms with Gasteiger partial charge in [0.2, 0.25) is 0 Å². The van der Waals surface area contributed by atoms with Crippen LogP contribution in [0.1, 0.15) is 58.8 Å². The van der Waals surface area contributed by atoms with Crippen molar-refractivity contribution in [2.24, 2.45) is 0 Å². The van der Waals surface area contributed by atoms with Crippen LogP contribution in [-0.2, 0) is 5.41 Å². The van der Waals surface area contributed by atoms with Gasteiger partial charge in [-0.3, -0.25) is 19.4 Å². The first-order chi connectivity index (χ1) is 13.9. The van der Waals surface area contributed by atoms with Crippen molar-refractivity contribution in [3.63, 3.8) is 0 Å². The number of benzene rings is 3. The molecule has 0 aromatic heterocycles. The van der Waals surface area contributed by atoms with E-state index in [9.17, 15) is 9.59 Å². The summed E-state index contributed by atoms with van der Waals surface area (Å²) >= 11 is 0. The smallest absolute Gasteiger partial charge is 0.262 e. The van der Waals surface area contributed by atoms with Crippen LogP contribution in [0.5, 0.6) is 0 Å². The van der Waals surface area contributed by atoms with Gasteiger partial charge in [-0.2, -0.15) is 0 Å². The molecule has 4 heteroatoms. The number of carbonyl (C=O) groups excluding carboxylic acids is 2. The number of carbonyl (C=O) groups is 2. The molecule has 0 fully saturated rings. The molecule has 0 bridgehead atoms. The van der Waals surface area contributed by atoms with Gasteiger partial charge >= 0.3 is 0 Å².